The molecule has 19 heavy (non-hydrogen) atoms. The van der Waals surface area contributed by atoms with Crippen LogP contribution in [0.25, 0.3) is 0 Å². The number of methoxy groups -OCH3 is 1. The molecule has 0 saturated carbocycles. The fraction of sp³-hybridized carbons (Fsp3) is 0.600. The van der Waals surface area contributed by atoms with Gasteiger partial charge in [0.2, 0.25) is 0 Å². The third-order valence-corrected chi connectivity index (χ3v) is 3.70. The van der Waals surface area contributed by atoms with Crippen LogP contribution in [-0.4, -0.2) is 26.4 Å². The average Bonchev–Trinajstić information content (AvgIpc) is 2.86. The molecule has 1 N–H and O–H groups in total. The van der Waals surface area contributed by atoms with E-state index < -0.39 is 0 Å². The minimum absolute atomic E-state index is 0.291. The highest BCUT2D eigenvalue weighted by Gasteiger charge is 2.25. The lowest BCUT2D eigenvalue weighted by Gasteiger charge is -2.17. The van der Waals surface area contributed by atoms with Crippen molar-refractivity contribution < 1.29 is 13.9 Å². The van der Waals surface area contributed by atoms with Gasteiger partial charge in [-0.25, -0.2) is 4.39 Å². The van der Waals surface area contributed by atoms with Crippen molar-refractivity contribution in [3.8, 4) is 5.75 Å². The molecule has 0 spiro atoms. The van der Waals surface area contributed by atoms with Gasteiger partial charge in [-0.3, -0.25) is 0 Å². The highest BCUT2D eigenvalue weighted by Crippen LogP contribution is 2.23. The molecule has 3 nitrogen and oxygen atoms in total. The van der Waals surface area contributed by atoms with Crippen molar-refractivity contribution in [1.29, 1.82) is 0 Å². The third kappa shape index (κ3) is 3.67. The Labute approximate surface area is 114 Å². The zero-order chi connectivity index (χ0) is 13.7. The van der Waals surface area contributed by atoms with Crippen molar-refractivity contribution in [2.24, 2.45) is 5.92 Å². The second kappa shape index (κ2) is 6.87. The first-order chi connectivity index (χ1) is 9.24. The standard InChI is InChI=1S/C15H22FNO2/c1-3-14-12(6-7-19-14)10-17-9-11-4-5-15(18-2)13(16)8-11/h4-5,8,12,14,17H,3,6-7,9-10H2,1-2H3. The molecular formula is C15H22FNO2. The predicted molar refractivity (Wildman–Crippen MR) is 72.8 cm³/mol. The van der Waals surface area contributed by atoms with Gasteiger partial charge in [0.05, 0.1) is 13.2 Å². The average molecular weight is 267 g/mol. The molecule has 2 rings (SSSR count). The Bertz CT molecular complexity index is 411. The van der Waals surface area contributed by atoms with E-state index >= 15 is 0 Å². The van der Waals surface area contributed by atoms with Crippen LogP contribution in [-0.2, 0) is 11.3 Å². The molecule has 0 aromatic heterocycles. The number of ether oxygens (including phenoxy) is 2. The smallest absolute Gasteiger partial charge is 0.165 e. The summed E-state index contributed by atoms with van der Waals surface area (Å²) in [7, 11) is 1.47. The first-order valence-electron chi connectivity index (χ1n) is 6.89. The van der Waals surface area contributed by atoms with Gasteiger partial charge in [-0.2, -0.15) is 0 Å². The molecule has 1 aliphatic rings. The molecule has 1 heterocycles. The molecule has 0 radical (unpaired) electrons. The molecule has 0 amide bonds. The van der Waals surface area contributed by atoms with Crippen molar-refractivity contribution in [1.82, 2.24) is 5.32 Å². The highest BCUT2D eigenvalue weighted by atomic mass is 19.1. The molecule has 0 bridgehead atoms. The van der Waals surface area contributed by atoms with Gasteiger partial charge in [-0.05, 0) is 36.5 Å². The zero-order valence-electron chi connectivity index (χ0n) is 11.6. The van der Waals surface area contributed by atoms with E-state index in [-0.39, 0.29) is 5.82 Å². The van der Waals surface area contributed by atoms with Gasteiger partial charge in [0.15, 0.2) is 11.6 Å². The van der Waals surface area contributed by atoms with Crippen LogP contribution in [0, 0.1) is 11.7 Å². The van der Waals surface area contributed by atoms with Crippen LogP contribution in [0.1, 0.15) is 25.3 Å². The maximum Gasteiger partial charge on any atom is 0.165 e. The Hall–Kier alpha value is -1.13. The zero-order valence-corrected chi connectivity index (χ0v) is 11.6. The van der Waals surface area contributed by atoms with Crippen LogP contribution in [0.5, 0.6) is 5.75 Å². The van der Waals surface area contributed by atoms with E-state index in [1.165, 1.54) is 13.2 Å². The summed E-state index contributed by atoms with van der Waals surface area (Å²) in [5, 5.41) is 3.39. The van der Waals surface area contributed by atoms with Gasteiger partial charge >= 0.3 is 0 Å². The number of halogens is 1. The summed E-state index contributed by atoms with van der Waals surface area (Å²) in [5.41, 5.74) is 0.935. The molecule has 106 valence electrons. The number of benzene rings is 1. The van der Waals surface area contributed by atoms with E-state index in [1.807, 2.05) is 6.07 Å². The quantitative estimate of drug-likeness (QED) is 0.859. The summed E-state index contributed by atoms with van der Waals surface area (Å²) in [6.07, 6.45) is 2.55. The van der Waals surface area contributed by atoms with Gasteiger partial charge in [0, 0.05) is 19.7 Å². The Morgan fingerprint density at radius 1 is 1.47 bits per heavy atom. The number of hydrogen-bond acceptors (Lipinski definition) is 3. The fourth-order valence-corrected chi connectivity index (χ4v) is 2.60. The minimum atomic E-state index is -0.308. The van der Waals surface area contributed by atoms with Crippen molar-refractivity contribution in [2.45, 2.75) is 32.4 Å². The monoisotopic (exact) mass is 267 g/mol. The number of hydrogen-bond donors (Lipinski definition) is 1. The molecule has 2 atom stereocenters. The topological polar surface area (TPSA) is 30.5 Å². The van der Waals surface area contributed by atoms with E-state index in [0.29, 0.717) is 24.3 Å². The van der Waals surface area contributed by atoms with Crippen molar-refractivity contribution >= 4 is 0 Å². The lowest BCUT2D eigenvalue weighted by Crippen LogP contribution is -2.27. The summed E-state index contributed by atoms with van der Waals surface area (Å²) in [6.45, 7) is 4.61. The molecule has 1 aromatic rings. The molecule has 0 aliphatic carbocycles. The maximum atomic E-state index is 13.5. The van der Waals surface area contributed by atoms with Crippen LogP contribution >= 0.6 is 0 Å². The van der Waals surface area contributed by atoms with Gasteiger partial charge in [-0.1, -0.05) is 13.0 Å². The fourth-order valence-electron chi connectivity index (χ4n) is 2.60. The van der Waals surface area contributed by atoms with Crippen LogP contribution in [0.15, 0.2) is 18.2 Å². The van der Waals surface area contributed by atoms with Crippen LogP contribution in [0.3, 0.4) is 0 Å². The van der Waals surface area contributed by atoms with Crippen molar-refractivity contribution in [3.63, 3.8) is 0 Å². The highest BCUT2D eigenvalue weighted by molar-refractivity contribution is 5.29. The van der Waals surface area contributed by atoms with Gasteiger partial charge in [0.25, 0.3) is 0 Å². The van der Waals surface area contributed by atoms with E-state index in [2.05, 4.69) is 12.2 Å². The van der Waals surface area contributed by atoms with Crippen molar-refractivity contribution in [2.75, 3.05) is 20.3 Å². The van der Waals surface area contributed by atoms with Gasteiger partial charge in [-0.15, -0.1) is 0 Å². The second-order valence-corrected chi connectivity index (χ2v) is 4.97. The number of rotatable bonds is 6. The second-order valence-electron chi connectivity index (χ2n) is 4.97. The SMILES string of the molecule is CCC1OCCC1CNCc1ccc(OC)c(F)c1. The van der Waals surface area contributed by atoms with E-state index in [0.717, 1.165) is 31.6 Å². The van der Waals surface area contributed by atoms with Crippen LogP contribution in [0.4, 0.5) is 4.39 Å². The molecule has 1 saturated heterocycles. The molecule has 1 aliphatic heterocycles. The maximum absolute atomic E-state index is 13.5. The van der Waals surface area contributed by atoms with E-state index in [9.17, 15) is 4.39 Å². The molecular weight excluding hydrogens is 245 g/mol. The van der Waals surface area contributed by atoms with Crippen LogP contribution in [0.2, 0.25) is 0 Å². The Morgan fingerprint density at radius 3 is 3.00 bits per heavy atom. The lowest BCUT2D eigenvalue weighted by molar-refractivity contribution is 0.0872. The van der Waals surface area contributed by atoms with Gasteiger partial charge in [0.1, 0.15) is 0 Å². The summed E-state index contributed by atoms with van der Waals surface area (Å²) in [5.74, 6) is 0.560. The third-order valence-electron chi connectivity index (χ3n) is 3.70. The van der Waals surface area contributed by atoms with E-state index in [1.54, 1.807) is 6.07 Å². The summed E-state index contributed by atoms with van der Waals surface area (Å²) >= 11 is 0. The summed E-state index contributed by atoms with van der Waals surface area (Å²) < 4.78 is 24.1. The Morgan fingerprint density at radius 2 is 2.32 bits per heavy atom. The lowest BCUT2D eigenvalue weighted by atomic mass is 9.99. The first-order valence-corrected chi connectivity index (χ1v) is 6.89. The predicted octanol–water partition coefficient (Wildman–Crippen LogP) is 2.74. The molecule has 1 aromatic carbocycles. The van der Waals surface area contributed by atoms with Crippen LogP contribution < -0.4 is 10.1 Å². The van der Waals surface area contributed by atoms with E-state index in [4.69, 9.17) is 9.47 Å². The van der Waals surface area contributed by atoms with Gasteiger partial charge < -0.3 is 14.8 Å². The summed E-state index contributed by atoms with van der Waals surface area (Å²) in [4.78, 5) is 0. The normalized spacial score (nSPS) is 22.7. The largest absolute Gasteiger partial charge is 0.494 e. The first kappa shape index (κ1) is 14.3. The summed E-state index contributed by atoms with van der Waals surface area (Å²) in [6, 6.07) is 5.07. The molecule has 1 fully saturated rings. The Kier molecular flexibility index (Phi) is 5.16. The van der Waals surface area contributed by atoms with Crippen molar-refractivity contribution in [3.05, 3.63) is 29.6 Å². The Balaban J connectivity index is 1.81. The minimum Gasteiger partial charge on any atom is -0.494 e. The number of nitrogens with one attached hydrogen (secondary N) is 1. The molecule has 2 unspecified atom stereocenters. The molecule has 4 heteroatoms.